The number of benzene rings is 1. The smallest absolute Gasteiger partial charge is 0.344 e. The van der Waals surface area contributed by atoms with Gasteiger partial charge in [0.05, 0.1) is 42.6 Å². The van der Waals surface area contributed by atoms with Gasteiger partial charge in [-0.25, -0.2) is 4.79 Å². The van der Waals surface area contributed by atoms with Gasteiger partial charge in [0.2, 0.25) is 0 Å². The van der Waals surface area contributed by atoms with E-state index in [-0.39, 0.29) is 12.2 Å². The van der Waals surface area contributed by atoms with Gasteiger partial charge in [0.15, 0.2) is 6.61 Å². The molecule has 0 radical (unpaired) electrons. The van der Waals surface area contributed by atoms with Gasteiger partial charge in [-0.15, -0.1) is 0 Å². The minimum absolute atomic E-state index is 0.226. The molecular weight excluding hydrogens is 490 g/mol. The first-order valence-corrected chi connectivity index (χ1v) is 13.0. The van der Waals surface area contributed by atoms with Crippen LogP contribution < -0.4 is 15.6 Å². The van der Waals surface area contributed by atoms with E-state index in [9.17, 15) is 14.4 Å². The number of fused-ring (bicyclic) bond motifs is 1. The highest BCUT2D eigenvalue weighted by atomic mass is 16.6. The van der Waals surface area contributed by atoms with Crippen molar-refractivity contribution in [3.63, 3.8) is 0 Å². The summed E-state index contributed by atoms with van der Waals surface area (Å²) in [6.07, 6.45) is 0.910. The molecule has 212 valence electrons. The Kier molecular flexibility index (Phi) is 12.0. The average Bonchev–Trinajstić information content (AvgIpc) is 3.10. The number of hydrogen-bond acceptors (Lipinski definition) is 7. The van der Waals surface area contributed by atoms with Crippen LogP contribution in [0, 0.1) is 6.92 Å². The minimum Gasteiger partial charge on any atom is -0.550 e. The molecule has 0 atom stereocenters. The molecule has 1 amide bonds. The van der Waals surface area contributed by atoms with E-state index in [1.807, 2.05) is 23.6 Å². The lowest BCUT2D eigenvalue weighted by atomic mass is 10.1. The van der Waals surface area contributed by atoms with E-state index in [1.54, 1.807) is 26.8 Å². The molecule has 1 aromatic heterocycles. The van der Waals surface area contributed by atoms with E-state index in [1.165, 1.54) is 0 Å². The lowest BCUT2D eigenvalue weighted by Crippen LogP contribution is -2.48. The maximum absolute atomic E-state index is 12.8. The van der Waals surface area contributed by atoms with Crippen LogP contribution in [0.5, 0.6) is 5.75 Å². The van der Waals surface area contributed by atoms with Crippen molar-refractivity contribution in [1.29, 1.82) is 0 Å². The molecule has 1 heterocycles. The number of ether oxygens (including phenoxy) is 2. The second-order valence-corrected chi connectivity index (χ2v) is 10.2. The summed E-state index contributed by atoms with van der Waals surface area (Å²) in [7, 11) is 0. The van der Waals surface area contributed by atoms with Crippen LogP contribution in [0.2, 0.25) is 0 Å². The first-order chi connectivity index (χ1) is 17.6. The molecule has 0 spiro atoms. The number of quaternary nitrogens is 1. The van der Waals surface area contributed by atoms with Crippen LogP contribution in [0.15, 0.2) is 18.2 Å². The van der Waals surface area contributed by atoms with Crippen LogP contribution in [0.25, 0.3) is 10.9 Å². The molecule has 1 aromatic carbocycles. The number of aliphatic carboxylic acids is 1. The Labute approximate surface area is 225 Å². The molecule has 0 aliphatic heterocycles. The lowest BCUT2D eigenvalue weighted by Gasteiger charge is -2.36. The fourth-order valence-corrected chi connectivity index (χ4v) is 4.52. The normalized spacial score (nSPS) is 11.5. The Hall–Kier alpha value is -3.40. The third-order valence-electron chi connectivity index (χ3n) is 6.55. The van der Waals surface area contributed by atoms with Crippen molar-refractivity contribution in [2.75, 3.05) is 32.8 Å². The summed E-state index contributed by atoms with van der Waals surface area (Å²) < 4.78 is 14.2. The summed E-state index contributed by atoms with van der Waals surface area (Å²) in [6, 6.07) is 5.38. The molecule has 38 heavy (non-hydrogen) atoms. The largest absolute Gasteiger partial charge is 0.550 e. The van der Waals surface area contributed by atoms with Gasteiger partial charge in [-0.1, -0.05) is 6.07 Å². The van der Waals surface area contributed by atoms with E-state index in [4.69, 9.17) is 25.1 Å². The van der Waals surface area contributed by atoms with Gasteiger partial charge in [0.25, 0.3) is 11.7 Å². The molecule has 10 heteroatoms. The van der Waals surface area contributed by atoms with Crippen LogP contribution in [0.3, 0.4) is 0 Å². The molecule has 2 N–H and O–H groups in total. The summed E-state index contributed by atoms with van der Waals surface area (Å²) in [5, 5.41) is 9.38. The third kappa shape index (κ3) is 8.86. The number of carboxylic acid groups (broad SMARTS) is 1. The molecule has 10 nitrogen and oxygen atoms in total. The molecule has 0 saturated heterocycles. The maximum atomic E-state index is 12.8. The number of carbonyl (C=O) groups excluding carboxylic acids is 4. The van der Waals surface area contributed by atoms with E-state index < -0.39 is 29.2 Å². The van der Waals surface area contributed by atoms with Crippen molar-refractivity contribution in [3.05, 3.63) is 29.5 Å². The molecule has 2 aromatic rings. The minimum atomic E-state index is -1.08. The van der Waals surface area contributed by atoms with Gasteiger partial charge in [-0.3, -0.25) is 9.59 Å². The van der Waals surface area contributed by atoms with Gasteiger partial charge in [-0.05, 0) is 67.5 Å². The summed E-state index contributed by atoms with van der Waals surface area (Å²) in [4.78, 5) is 45.7. The van der Waals surface area contributed by atoms with Gasteiger partial charge in [0.1, 0.15) is 11.4 Å². The topological polar surface area (TPSA) is 141 Å². The molecule has 0 bridgehead atoms. The monoisotopic (exact) mass is 533 g/mol. The second-order valence-electron chi connectivity index (χ2n) is 10.2. The van der Waals surface area contributed by atoms with E-state index in [2.05, 4.69) is 20.8 Å². The van der Waals surface area contributed by atoms with Crippen LogP contribution in [0.1, 0.15) is 70.9 Å². The number of Topliss-reactive ketones (excluding diaryl/α,β-unsaturated/α-hetero) is 1. The number of aromatic nitrogens is 1. The standard InChI is InChI=1S/C26H39N3O5.C2H4O2/c1-8-29(9-2,10-3)16-12-15-28-18(4)22(24(31)25(27)32)23-19(28)13-11-14-20(23)33-17-21(30)34-26(5,6)7;1-2(3)4/h11,13-14H,8-10,12,15-17H2,1-7H3,(H-,27,32);1H3,(H,3,4). The number of hydrogen-bond donors (Lipinski definition) is 1. The predicted octanol–water partition coefficient (Wildman–Crippen LogP) is 2.36. The molecule has 0 fully saturated rings. The van der Waals surface area contributed by atoms with E-state index in [0.717, 1.165) is 49.5 Å². The van der Waals surface area contributed by atoms with Crippen LogP contribution in [-0.2, 0) is 25.7 Å². The van der Waals surface area contributed by atoms with Crippen molar-refractivity contribution in [2.24, 2.45) is 5.73 Å². The van der Waals surface area contributed by atoms with Crippen LogP contribution >= 0.6 is 0 Å². The molecule has 0 aliphatic rings. The number of primary amides is 1. The maximum Gasteiger partial charge on any atom is 0.344 e. The zero-order valence-electron chi connectivity index (χ0n) is 24.0. The van der Waals surface area contributed by atoms with Crippen molar-refractivity contribution in [2.45, 2.75) is 74.0 Å². The first kappa shape index (κ1) is 32.6. The van der Waals surface area contributed by atoms with Crippen molar-refractivity contribution < 1.29 is 38.2 Å². The van der Waals surface area contributed by atoms with Gasteiger partial charge >= 0.3 is 5.97 Å². The Morgan fingerprint density at radius 1 is 1.05 bits per heavy atom. The molecule has 0 unspecified atom stereocenters. The highest BCUT2D eigenvalue weighted by Crippen LogP contribution is 2.34. The Morgan fingerprint density at radius 2 is 1.61 bits per heavy atom. The SMILES string of the molecule is CC(=O)[O-].CC[N+](CC)(CC)CCCn1c(C)c(C(=O)C(N)=O)c2c(OCC(=O)OC(C)(C)C)cccc21. The molecule has 0 saturated carbocycles. The highest BCUT2D eigenvalue weighted by molar-refractivity contribution is 6.45. The van der Waals surface area contributed by atoms with E-state index >= 15 is 0 Å². The average molecular weight is 534 g/mol. The fraction of sp³-hybridized carbons (Fsp3) is 0.571. The van der Waals surface area contributed by atoms with Gasteiger partial charge in [0, 0.05) is 24.6 Å². The number of esters is 1. The summed E-state index contributed by atoms with van der Waals surface area (Å²) in [5.41, 5.74) is 6.40. The van der Waals surface area contributed by atoms with Crippen molar-refractivity contribution in [1.82, 2.24) is 4.57 Å². The number of amides is 1. The van der Waals surface area contributed by atoms with Crippen LogP contribution in [0.4, 0.5) is 0 Å². The summed E-state index contributed by atoms with van der Waals surface area (Å²) >= 11 is 0. The molecular formula is C28H43N3O7. The van der Waals surface area contributed by atoms with Gasteiger partial charge < -0.3 is 34.2 Å². The summed E-state index contributed by atoms with van der Waals surface area (Å²) in [5.74, 6) is -3.05. The summed E-state index contributed by atoms with van der Waals surface area (Å²) in [6.45, 7) is 19.3. The Morgan fingerprint density at radius 3 is 2.08 bits per heavy atom. The quantitative estimate of drug-likeness (QED) is 0.191. The Bertz CT molecular complexity index is 1130. The first-order valence-electron chi connectivity index (χ1n) is 13.0. The molecule has 0 aliphatic carbocycles. The number of aryl methyl sites for hydroxylation is 1. The van der Waals surface area contributed by atoms with Crippen LogP contribution in [-0.4, -0.2) is 71.1 Å². The van der Waals surface area contributed by atoms with Crippen molar-refractivity contribution >= 4 is 34.5 Å². The lowest BCUT2D eigenvalue weighted by molar-refractivity contribution is -0.923. The number of carbonyl (C=O) groups is 4. The fourth-order valence-electron chi connectivity index (χ4n) is 4.52. The highest BCUT2D eigenvalue weighted by Gasteiger charge is 2.27. The van der Waals surface area contributed by atoms with Crippen molar-refractivity contribution in [3.8, 4) is 5.75 Å². The zero-order chi connectivity index (χ0) is 29.3. The number of nitrogens with zero attached hydrogens (tertiary/aromatic N) is 2. The van der Waals surface area contributed by atoms with E-state index in [0.29, 0.717) is 23.4 Å². The third-order valence-corrected chi connectivity index (χ3v) is 6.55. The number of rotatable bonds is 12. The molecule has 2 rings (SSSR count). The second kappa shape index (κ2) is 13.9. The number of nitrogens with two attached hydrogens (primary N) is 1. The zero-order valence-corrected chi connectivity index (χ0v) is 24.0. The number of ketones is 1. The Balaban J connectivity index is 0.00000168. The van der Waals surface area contributed by atoms with Gasteiger partial charge in [-0.2, -0.15) is 0 Å². The predicted molar refractivity (Wildman–Crippen MR) is 144 cm³/mol. The number of carboxylic acids is 1.